The molecule has 0 fully saturated rings. The van der Waals surface area contributed by atoms with Gasteiger partial charge in [0.25, 0.3) is 0 Å². The van der Waals surface area contributed by atoms with E-state index < -0.39 is 32.7 Å². The standard InChI is InChI=1S/C13H23F3O3Si/c1-5-9-11(10-12(14)13(15)16)20(17-6-2,18-7-3)19-8-4/h5,11H,1,6-10H2,2-4H3. The summed E-state index contributed by atoms with van der Waals surface area (Å²) in [5, 5.41) is 0. The molecular formula is C13H23F3O3Si. The van der Waals surface area contributed by atoms with E-state index in [-0.39, 0.29) is 6.42 Å². The van der Waals surface area contributed by atoms with Crippen LogP contribution >= 0.6 is 0 Å². The molecule has 0 aliphatic carbocycles. The van der Waals surface area contributed by atoms with E-state index in [1.54, 1.807) is 20.8 Å². The fourth-order valence-corrected chi connectivity index (χ4v) is 4.98. The van der Waals surface area contributed by atoms with Crippen molar-refractivity contribution in [1.82, 2.24) is 0 Å². The van der Waals surface area contributed by atoms with Crippen LogP contribution in [0, 0.1) is 0 Å². The minimum Gasteiger partial charge on any atom is -0.374 e. The van der Waals surface area contributed by atoms with E-state index in [4.69, 9.17) is 13.3 Å². The number of hydrogen-bond acceptors (Lipinski definition) is 3. The van der Waals surface area contributed by atoms with Crippen molar-refractivity contribution in [2.75, 3.05) is 19.8 Å². The van der Waals surface area contributed by atoms with Gasteiger partial charge < -0.3 is 13.3 Å². The Bertz CT molecular complexity index is 303. The van der Waals surface area contributed by atoms with Crippen LogP contribution in [0.5, 0.6) is 0 Å². The van der Waals surface area contributed by atoms with E-state index in [9.17, 15) is 13.2 Å². The van der Waals surface area contributed by atoms with Crippen LogP contribution in [-0.4, -0.2) is 28.6 Å². The lowest BCUT2D eigenvalue weighted by Crippen LogP contribution is -2.50. The lowest BCUT2D eigenvalue weighted by atomic mass is 10.2. The summed E-state index contributed by atoms with van der Waals surface area (Å²) in [6.07, 6.45) is -0.966. The molecule has 3 nitrogen and oxygen atoms in total. The van der Waals surface area contributed by atoms with Gasteiger partial charge in [-0.3, -0.25) is 0 Å². The first-order valence-corrected chi connectivity index (χ1v) is 8.49. The van der Waals surface area contributed by atoms with Gasteiger partial charge in [-0.2, -0.15) is 8.78 Å². The monoisotopic (exact) mass is 312 g/mol. The van der Waals surface area contributed by atoms with Gasteiger partial charge in [-0.1, -0.05) is 6.08 Å². The second-order valence-corrected chi connectivity index (χ2v) is 6.88. The van der Waals surface area contributed by atoms with Crippen LogP contribution in [-0.2, 0) is 13.3 Å². The Labute approximate surface area is 119 Å². The number of halogens is 3. The molecule has 0 saturated carbocycles. The smallest absolute Gasteiger partial charge is 0.374 e. The molecule has 0 saturated heterocycles. The lowest BCUT2D eigenvalue weighted by Gasteiger charge is -2.34. The van der Waals surface area contributed by atoms with E-state index >= 15 is 0 Å². The van der Waals surface area contributed by atoms with E-state index in [1.165, 1.54) is 6.08 Å². The third-order valence-corrected chi connectivity index (χ3v) is 6.13. The summed E-state index contributed by atoms with van der Waals surface area (Å²) in [6, 6.07) is 0. The van der Waals surface area contributed by atoms with Crippen molar-refractivity contribution in [1.29, 1.82) is 0 Å². The minimum atomic E-state index is -3.23. The summed E-state index contributed by atoms with van der Waals surface area (Å²) in [6.45, 7) is 9.77. The van der Waals surface area contributed by atoms with Crippen molar-refractivity contribution in [2.45, 2.75) is 39.2 Å². The second kappa shape index (κ2) is 10.1. The zero-order chi connectivity index (χ0) is 15.6. The molecule has 0 N–H and O–H groups in total. The van der Waals surface area contributed by atoms with Gasteiger partial charge in [0.1, 0.15) is 0 Å². The molecule has 0 aliphatic rings. The fraction of sp³-hybridized carbons (Fsp3) is 0.692. The molecule has 0 spiro atoms. The normalized spacial score (nSPS) is 13.1. The largest absolute Gasteiger partial charge is 0.504 e. The second-order valence-electron chi connectivity index (χ2n) is 3.99. The molecule has 0 aromatic heterocycles. The summed E-state index contributed by atoms with van der Waals surface area (Å²) in [5.74, 6) is -1.45. The van der Waals surface area contributed by atoms with E-state index in [2.05, 4.69) is 6.58 Å². The Morgan fingerprint density at radius 3 is 1.80 bits per heavy atom. The SMILES string of the molecule is C=CCC(CC(F)=C(F)F)[Si](OCC)(OCC)OCC. The predicted molar refractivity (Wildman–Crippen MR) is 74.2 cm³/mol. The van der Waals surface area contributed by atoms with Crippen LogP contribution in [0.2, 0.25) is 5.54 Å². The van der Waals surface area contributed by atoms with Gasteiger partial charge in [0.15, 0.2) is 5.83 Å². The van der Waals surface area contributed by atoms with Crippen molar-refractivity contribution in [3.05, 3.63) is 24.6 Å². The first kappa shape index (κ1) is 19.4. The summed E-state index contributed by atoms with van der Waals surface area (Å²) >= 11 is 0. The van der Waals surface area contributed by atoms with Gasteiger partial charge in [0.05, 0.1) is 0 Å². The molecule has 0 rings (SSSR count). The van der Waals surface area contributed by atoms with Crippen LogP contribution in [0.15, 0.2) is 24.6 Å². The Morgan fingerprint density at radius 1 is 1.05 bits per heavy atom. The molecule has 118 valence electrons. The quantitative estimate of drug-likeness (QED) is 0.417. The van der Waals surface area contributed by atoms with Gasteiger partial charge in [-0.25, -0.2) is 4.39 Å². The maximum atomic E-state index is 13.3. The van der Waals surface area contributed by atoms with E-state index in [1.807, 2.05) is 0 Å². The third-order valence-electron chi connectivity index (χ3n) is 2.62. The molecule has 20 heavy (non-hydrogen) atoms. The summed E-state index contributed by atoms with van der Waals surface area (Å²) in [4.78, 5) is 0. The molecule has 0 aliphatic heterocycles. The van der Waals surface area contributed by atoms with Gasteiger partial charge >= 0.3 is 14.9 Å². The predicted octanol–water partition coefficient (Wildman–Crippen LogP) is 4.45. The maximum absolute atomic E-state index is 13.3. The first-order chi connectivity index (χ1) is 9.47. The third kappa shape index (κ3) is 5.78. The van der Waals surface area contributed by atoms with E-state index in [0.717, 1.165) is 0 Å². The van der Waals surface area contributed by atoms with Gasteiger partial charge in [0.2, 0.25) is 0 Å². The molecule has 0 radical (unpaired) electrons. The zero-order valence-corrected chi connectivity index (χ0v) is 13.3. The molecule has 0 heterocycles. The molecule has 7 heteroatoms. The molecule has 1 unspecified atom stereocenters. The lowest BCUT2D eigenvalue weighted by molar-refractivity contribution is 0.0600. The Morgan fingerprint density at radius 2 is 1.50 bits per heavy atom. The maximum Gasteiger partial charge on any atom is 0.504 e. The van der Waals surface area contributed by atoms with Crippen LogP contribution in [0.1, 0.15) is 33.6 Å². The van der Waals surface area contributed by atoms with Crippen LogP contribution in [0.25, 0.3) is 0 Å². The molecule has 0 amide bonds. The van der Waals surface area contributed by atoms with Crippen molar-refractivity contribution in [2.24, 2.45) is 0 Å². The fourth-order valence-electron chi connectivity index (χ4n) is 1.93. The van der Waals surface area contributed by atoms with Gasteiger partial charge in [-0.15, -0.1) is 6.58 Å². The van der Waals surface area contributed by atoms with Gasteiger partial charge in [-0.05, 0) is 27.2 Å². The zero-order valence-electron chi connectivity index (χ0n) is 12.3. The van der Waals surface area contributed by atoms with Crippen molar-refractivity contribution >= 4 is 8.80 Å². The molecular weight excluding hydrogens is 289 g/mol. The summed E-state index contributed by atoms with van der Waals surface area (Å²) in [7, 11) is -3.23. The van der Waals surface area contributed by atoms with Crippen molar-refractivity contribution in [3.63, 3.8) is 0 Å². The highest BCUT2D eigenvalue weighted by atomic mass is 28.4. The highest BCUT2D eigenvalue weighted by molar-refractivity contribution is 6.62. The number of hydrogen-bond donors (Lipinski definition) is 0. The molecule has 0 bridgehead atoms. The summed E-state index contributed by atoms with van der Waals surface area (Å²) < 4.78 is 54.8. The summed E-state index contributed by atoms with van der Waals surface area (Å²) in [5.41, 5.74) is -0.610. The Balaban J connectivity index is 5.36. The molecule has 1 atom stereocenters. The van der Waals surface area contributed by atoms with Crippen LogP contribution in [0.4, 0.5) is 13.2 Å². The molecule has 0 aromatic carbocycles. The van der Waals surface area contributed by atoms with Gasteiger partial charge in [0, 0.05) is 31.8 Å². The van der Waals surface area contributed by atoms with Crippen LogP contribution in [0.3, 0.4) is 0 Å². The van der Waals surface area contributed by atoms with Crippen LogP contribution < -0.4 is 0 Å². The molecule has 0 aromatic rings. The Hall–Kier alpha value is -0.633. The highest BCUT2D eigenvalue weighted by Gasteiger charge is 2.49. The van der Waals surface area contributed by atoms with Crippen molar-refractivity contribution in [3.8, 4) is 0 Å². The Kier molecular flexibility index (Phi) is 9.82. The first-order valence-electron chi connectivity index (χ1n) is 6.69. The van der Waals surface area contributed by atoms with Crippen molar-refractivity contribution < 1.29 is 26.4 Å². The average Bonchev–Trinajstić information content (AvgIpc) is 2.38. The average molecular weight is 312 g/mol. The topological polar surface area (TPSA) is 27.7 Å². The van der Waals surface area contributed by atoms with E-state index in [0.29, 0.717) is 19.8 Å². The highest BCUT2D eigenvalue weighted by Crippen LogP contribution is 2.36. The number of allylic oxidation sites excluding steroid dienone is 2. The minimum absolute atomic E-state index is 0.285. The number of rotatable bonds is 11.